The summed E-state index contributed by atoms with van der Waals surface area (Å²) in [6.07, 6.45) is 2.94. The third-order valence-electron chi connectivity index (χ3n) is 3.16. The first-order valence-electron chi connectivity index (χ1n) is 6.12. The van der Waals surface area contributed by atoms with E-state index in [-0.39, 0.29) is 0 Å². The van der Waals surface area contributed by atoms with Gasteiger partial charge < -0.3 is 10.1 Å². The smallest absolute Gasteiger partial charge is 0.160 e. The fraction of sp³-hybridized carbons (Fsp3) is 0.133. The Balaban J connectivity index is 2.33. The predicted molar refractivity (Wildman–Crippen MR) is 74.4 cm³/mol. The van der Waals surface area contributed by atoms with Crippen molar-refractivity contribution in [2.45, 2.75) is 13.3 Å². The van der Waals surface area contributed by atoms with Crippen molar-refractivity contribution < 1.29 is 0 Å². The highest BCUT2D eigenvalue weighted by Gasteiger charge is 2.13. The predicted octanol–water partition coefficient (Wildman–Crippen LogP) is 3.15. The first-order valence-corrected chi connectivity index (χ1v) is 6.12. The van der Waals surface area contributed by atoms with Crippen molar-refractivity contribution in [3.8, 4) is 11.3 Å². The Morgan fingerprint density at radius 1 is 1.11 bits per heavy atom. The quantitative estimate of drug-likeness (QED) is 0.744. The minimum absolute atomic E-state index is 0.717. The average Bonchev–Trinajstić information content (AvgIpc) is 2.80. The number of aromatic nitrogens is 2. The Morgan fingerprint density at radius 3 is 2.61 bits per heavy atom. The van der Waals surface area contributed by atoms with Gasteiger partial charge in [0.15, 0.2) is 5.65 Å². The van der Waals surface area contributed by atoms with Crippen LogP contribution in [0.15, 0.2) is 48.7 Å². The average molecular weight is 237 g/mol. The Labute approximate surface area is 106 Å². The topological polar surface area (TPSA) is 43.3 Å². The van der Waals surface area contributed by atoms with Crippen molar-refractivity contribution in [1.29, 1.82) is 0 Å². The van der Waals surface area contributed by atoms with E-state index in [0.29, 0.717) is 0 Å². The molecule has 0 radical (unpaired) electrons. The lowest BCUT2D eigenvalue weighted by atomic mass is 10.1. The maximum Gasteiger partial charge on any atom is 0.160 e. The SMILES string of the molecule is CCc1c(-c2ccccc2)nc2c(N)cccn12. The number of aryl methyl sites for hydroxylation is 1. The summed E-state index contributed by atoms with van der Waals surface area (Å²) in [6.45, 7) is 2.14. The summed E-state index contributed by atoms with van der Waals surface area (Å²) >= 11 is 0. The highest BCUT2D eigenvalue weighted by molar-refractivity contribution is 5.73. The summed E-state index contributed by atoms with van der Waals surface area (Å²) in [5.74, 6) is 0. The van der Waals surface area contributed by atoms with Crippen LogP contribution in [-0.4, -0.2) is 9.38 Å². The zero-order chi connectivity index (χ0) is 12.5. The summed E-state index contributed by atoms with van der Waals surface area (Å²) in [7, 11) is 0. The van der Waals surface area contributed by atoms with Gasteiger partial charge in [-0.1, -0.05) is 37.3 Å². The number of imidazole rings is 1. The second-order valence-corrected chi connectivity index (χ2v) is 4.28. The van der Waals surface area contributed by atoms with E-state index in [0.717, 1.165) is 29.0 Å². The van der Waals surface area contributed by atoms with Crippen LogP contribution in [0.4, 0.5) is 5.69 Å². The molecule has 0 atom stereocenters. The molecule has 0 saturated heterocycles. The molecule has 3 nitrogen and oxygen atoms in total. The van der Waals surface area contributed by atoms with E-state index in [9.17, 15) is 0 Å². The Bertz CT molecular complexity index is 684. The molecule has 18 heavy (non-hydrogen) atoms. The molecule has 0 aliphatic carbocycles. The number of pyridine rings is 1. The zero-order valence-corrected chi connectivity index (χ0v) is 10.3. The van der Waals surface area contributed by atoms with Gasteiger partial charge in [-0.25, -0.2) is 4.98 Å². The second-order valence-electron chi connectivity index (χ2n) is 4.28. The summed E-state index contributed by atoms with van der Waals surface area (Å²) in [5, 5.41) is 0. The van der Waals surface area contributed by atoms with Crippen LogP contribution in [0.1, 0.15) is 12.6 Å². The molecule has 3 aromatic rings. The highest BCUT2D eigenvalue weighted by atomic mass is 15.0. The molecule has 2 aromatic heterocycles. The Morgan fingerprint density at radius 2 is 1.89 bits per heavy atom. The van der Waals surface area contributed by atoms with Crippen LogP contribution in [0, 0.1) is 0 Å². The fourth-order valence-corrected chi connectivity index (χ4v) is 2.30. The molecular formula is C15H15N3. The molecule has 0 fully saturated rings. The van der Waals surface area contributed by atoms with E-state index < -0.39 is 0 Å². The second kappa shape index (κ2) is 4.18. The van der Waals surface area contributed by atoms with E-state index in [1.807, 2.05) is 36.5 Å². The number of hydrogen-bond donors (Lipinski definition) is 1. The van der Waals surface area contributed by atoms with Gasteiger partial charge in [0.1, 0.15) is 0 Å². The lowest BCUT2D eigenvalue weighted by Gasteiger charge is -2.02. The normalized spacial score (nSPS) is 10.9. The molecule has 0 aliphatic rings. The van der Waals surface area contributed by atoms with E-state index in [2.05, 4.69) is 23.5 Å². The van der Waals surface area contributed by atoms with Gasteiger partial charge in [0.2, 0.25) is 0 Å². The fourth-order valence-electron chi connectivity index (χ4n) is 2.30. The van der Waals surface area contributed by atoms with Crippen molar-refractivity contribution in [3.63, 3.8) is 0 Å². The largest absolute Gasteiger partial charge is 0.396 e. The van der Waals surface area contributed by atoms with Crippen LogP contribution in [0.5, 0.6) is 0 Å². The number of fused-ring (bicyclic) bond motifs is 1. The third-order valence-corrected chi connectivity index (χ3v) is 3.16. The lowest BCUT2D eigenvalue weighted by molar-refractivity contribution is 0.998. The van der Waals surface area contributed by atoms with Crippen molar-refractivity contribution in [3.05, 3.63) is 54.4 Å². The van der Waals surface area contributed by atoms with Gasteiger partial charge in [-0.2, -0.15) is 0 Å². The zero-order valence-electron chi connectivity index (χ0n) is 10.3. The molecule has 0 aliphatic heterocycles. The molecule has 0 amide bonds. The summed E-state index contributed by atoms with van der Waals surface area (Å²) in [5.41, 5.74) is 10.9. The van der Waals surface area contributed by atoms with Crippen LogP contribution in [0.25, 0.3) is 16.9 Å². The minimum atomic E-state index is 0.717. The molecule has 0 saturated carbocycles. The van der Waals surface area contributed by atoms with Crippen LogP contribution in [0.2, 0.25) is 0 Å². The standard InChI is InChI=1S/C15H15N3/c1-2-13-14(11-7-4-3-5-8-11)17-15-12(16)9-6-10-18(13)15/h3-10H,2,16H2,1H3. The maximum atomic E-state index is 5.99. The molecule has 0 bridgehead atoms. The Hall–Kier alpha value is -2.29. The summed E-state index contributed by atoms with van der Waals surface area (Å²) in [4.78, 5) is 4.69. The van der Waals surface area contributed by atoms with Gasteiger partial charge in [-0.3, -0.25) is 0 Å². The van der Waals surface area contributed by atoms with E-state index >= 15 is 0 Å². The van der Waals surface area contributed by atoms with Gasteiger partial charge in [0.25, 0.3) is 0 Å². The molecular weight excluding hydrogens is 222 g/mol. The van der Waals surface area contributed by atoms with Crippen LogP contribution in [0.3, 0.4) is 0 Å². The van der Waals surface area contributed by atoms with E-state index in [1.54, 1.807) is 0 Å². The van der Waals surface area contributed by atoms with E-state index in [4.69, 9.17) is 10.7 Å². The van der Waals surface area contributed by atoms with E-state index in [1.165, 1.54) is 5.69 Å². The third kappa shape index (κ3) is 1.56. The van der Waals surface area contributed by atoms with Crippen LogP contribution < -0.4 is 5.73 Å². The van der Waals surface area contributed by atoms with Gasteiger partial charge in [0.05, 0.1) is 17.1 Å². The molecule has 2 heterocycles. The first kappa shape index (κ1) is 10.8. The summed E-state index contributed by atoms with van der Waals surface area (Å²) in [6, 6.07) is 14.1. The van der Waals surface area contributed by atoms with Crippen molar-refractivity contribution in [1.82, 2.24) is 9.38 Å². The molecule has 1 aromatic carbocycles. The van der Waals surface area contributed by atoms with Gasteiger partial charge in [-0.05, 0) is 18.6 Å². The maximum absolute atomic E-state index is 5.99. The molecule has 3 rings (SSSR count). The molecule has 3 heteroatoms. The van der Waals surface area contributed by atoms with Crippen LogP contribution in [-0.2, 0) is 6.42 Å². The number of hydrogen-bond acceptors (Lipinski definition) is 2. The number of nitrogen functional groups attached to an aromatic ring is 1. The number of rotatable bonds is 2. The number of nitrogens with zero attached hydrogens (tertiary/aromatic N) is 2. The first-order chi connectivity index (χ1) is 8.81. The molecule has 0 unspecified atom stereocenters. The van der Waals surface area contributed by atoms with Gasteiger partial charge >= 0.3 is 0 Å². The molecule has 0 spiro atoms. The van der Waals surface area contributed by atoms with Crippen LogP contribution >= 0.6 is 0 Å². The number of nitrogens with two attached hydrogens (primary N) is 1. The highest BCUT2D eigenvalue weighted by Crippen LogP contribution is 2.26. The Kier molecular flexibility index (Phi) is 2.52. The summed E-state index contributed by atoms with van der Waals surface area (Å²) < 4.78 is 2.08. The molecule has 90 valence electrons. The lowest BCUT2D eigenvalue weighted by Crippen LogP contribution is -1.94. The van der Waals surface area contributed by atoms with Crippen molar-refractivity contribution in [2.24, 2.45) is 0 Å². The monoisotopic (exact) mass is 237 g/mol. The number of anilines is 1. The number of benzene rings is 1. The van der Waals surface area contributed by atoms with Crippen molar-refractivity contribution in [2.75, 3.05) is 5.73 Å². The van der Waals surface area contributed by atoms with Crippen molar-refractivity contribution >= 4 is 11.3 Å². The van der Waals surface area contributed by atoms with Gasteiger partial charge in [-0.15, -0.1) is 0 Å². The minimum Gasteiger partial charge on any atom is -0.396 e. The molecule has 2 N–H and O–H groups in total. The van der Waals surface area contributed by atoms with Gasteiger partial charge in [0, 0.05) is 11.8 Å².